The van der Waals surface area contributed by atoms with Crippen LogP contribution in [0.4, 0.5) is 0 Å². The lowest BCUT2D eigenvalue weighted by Gasteiger charge is -2.06. The molecule has 1 nitrogen and oxygen atoms in total. The van der Waals surface area contributed by atoms with Gasteiger partial charge in [-0.3, -0.25) is 4.79 Å². The Morgan fingerprint density at radius 2 is 1.48 bits per heavy atom. The highest BCUT2D eigenvalue weighted by Gasteiger charge is 2.10. The molecule has 21 heavy (non-hydrogen) atoms. The van der Waals surface area contributed by atoms with Crippen LogP contribution in [0.3, 0.4) is 0 Å². The second kappa shape index (κ2) is 5.92. The van der Waals surface area contributed by atoms with Crippen molar-refractivity contribution in [1.82, 2.24) is 0 Å². The summed E-state index contributed by atoms with van der Waals surface area (Å²) in [5, 5.41) is 2.15. The molecule has 0 aliphatic heterocycles. The van der Waals surface area contributed by atoms with E-state index in [9.17, 15) is 4.79 Å². The average molecular weight is 274 g/mol. The highest BCUT2D eigenvalue weighted by molar-refractivity contribution is 6.08. The molecule has 3 aromatic carbocycles. The molecule has 0 amide bonds. The van der Waals surface area contributed by atoms with Crippen molar-refractivity contribution in [3.05, 3.63) is 83.4 Å². The van der Waals surface area contributed by atoms with Gasteiger partial charge < -0.3 is 0 Å². The molecule has 0 atom stereocenters. The van der Waals surface area contributed by atoms with Crippen molar-refractivity contribution in [2.75, 3.05) is 0 Å². The molecule has 1 heteroatoms. The predicted molar refractivity (Wildman–Crippen MR) is 87.8 cm³/mol. The molecule has 0 N–H and O–H groups in total. The summed E-state index contributed by atoms with van der Waals surface area (Å²) in [5.74, 6) is 0.177. The lowest BCUT2D eigenvalue weighted by molar-refractivity contribution is 0.0994. The van der Waals surface area contributed by atoms with Crippen LogP contribution in [0.1, 0.15) is 28.4 Å². The molecule has 0 aromatic heterocycles. The van der Waals surface area contributed by atoms with Crippen LogP contribution in [0.2, 0.25) is 0 Å². The van der Waals surface area contributed by atoms with Crippen molar-refractivity contribution < 1.29 is 4.79 Å². The number of carbonyl (C=O) groups is 1. The van der Waals surface area contributed by atoms with E-state index in [1.807, 2.05) is 42.5 Å². The SMILES string of the molecule is CCc1ccc(CC(=O)c2cccc3ccccc23)cc1. The second-order valence-electron chi connectivity index (χ2n) is 5.30. The Balaban J connectivity index is 1.90. The summed E-state index contributed by atoms with van der Waals surface area (Å²) in [6.45, 7) is 2.14. The maximum Gasteiger partial charge on any atom is 0.167 e. The van der Waals surface area contributed by atoms with Crippen LogP contribution >= 0.6 is 0 Å². The summed E-state index contributed by atoms with van der Waals surface area (Å²) >= 11 is 0. The summed E-state index contributed by atoms with van der Waals surface area (Å²) in [6, 6.07) is 22.3. The average Bonchev–Trinajstić information content (AvgIpc) is 2.55. The Bertz CT molecular complexity index is 764. The quantitative estimate of drug-likeness (QED) is 0.623. The van der Waals surface area contributed by atoms with Gasteiger partial charge in [-0.25, -0.2) is 0 Å². The second-order valence-corrected chi connectivity index (χ2v) is 5.30. The Kier molecular flexibility index (Phi) is 3.83. The maximum absolute atomic E-state index is 12.6. The zero-order chi connectivity index (χ0) is 14.7. The van der Waals surface area contributed by atoms with Crippen LogP contribution in [0.5, 0.6) is 0 Å². The van der Waals surface area contributed by atoms with Gasteiger partial charge in [0.25, 0.3) is 0 Å². The van der Waals surface area contributed by atoms with Crippen LogP contribution < -0.4 is 0 Å². The molecule has 0 radical (unpaired) electrons. The minimum atomic E-state index is 0.177. The molecule has 3 rings (SSSR count). The Labute approximate surface area is 125 Å². The molecular weight excluding hydrogens is 256 g/mol. The monoisotopic (exact) mass is 274 g/mol. The number of ketones is 1. The predicted octanol–water partition coefficient (Wildman–Crippen LogP) is 4.83. The molecule has 0 heterocycles. The number of hydrogen-bond donors (Lipinski definition) is 0. The van der Waals surface area contributed by atoms with E-state index < -0.39 is 0 Å². The van der Waals surface area contributed by atoms with E-state index in [1.54, 1.807) is 0 Å². The van der Waals surface area contributed by atoms with Crippen molar-refractivity contribution in [3.8, 4) is 0 Å². The minimum Gasteiger partial charge on any atom is -0.294 e. The fraction of sp³-hybridized carbons (Fsp3) is 0.150. The summed E-state index contributed by atoms with van der Waals surface area (Å²) in [7, 11) is 0. The Hall–Kier alpha value is -2.41. The molecule has 0 aliphatic rings. The Morgan fingerprint density at radius 1 is 0.810 bits per heavy atom. The number of rotatable bonds is 4. The van der Waals surface area contributed by atoms with Gasteiger partial charge in [0.2, 0.25) is 0 Å². The molecule has 3 aromatic rings. The summed E-state index contributed by atoms with van der Waals surface area (Å²) in [5.41, 5.74) is 3.19. The van der Waals surface area contributed by atoms with E-state index >= 15 is 0 Å². The molecular formula is C20H18O. The van der Waals surface area contributed by atoms with Crippen molar-refractivity contribution >= 4 is 16.6 Å². The number of Topliss-reactive ketones (excluding diaryl/α,β-unsaturated/α-hetero) is 1. The topological polar surface area (TPSA) is 17.1 Å². The highest BCUT2D eigenvalue weighted by atomic mass is 16.1. The minimum absolute atomic E-state index is 0.177. The first-order valence-electron chi connectivity index (χ1n) is 7.36. The Morgan fingerprint density at radius 3 is 2.24 bits per heavy atom. The van der Waals surface area contributed by atoms with Gasteiger partial charge in [-0.2, -0.15) is 0 Å². The summed E-state index contributed by atoms with van der Waals surface area (Å²) in [6.07, 6.45) is 1.48. The number of hydrogen-bond acceptors (Lipinski definition) is 1. The van der Waals surface area contributed by atoms with Gasteiger partial charge in [-0.1, -0.05) is 73.7 Å². The molecule has 104 valence electrons. The molecule has 0 spiro atoms. The van der Waals surface area contributed by atoms with E-state index in [0.29, 0.717) is 6.42 Å². The van der Waals surface area contributed by atoms with Crippen molar-refractivity contribution in [1.29, 1.82) is 0 Å². The van der Waals surface area contributed by atoms with E-state index in [2.05, 4.69) is 31.2 Å². The third kappa shape index (κ3) is 2.87. The normalized spacial score (nSPS) is 10.7. The molecule has 0 saturated carbocycles. The van der Waals surface area contributed by atoms with Gasteiger partial charge in [-0.15, -0.1) is 0 Å². The van der Waals surface area contributed by atoms with E-state index in [4.69, 9.17) is 0 Å². The van der Waals surface area contributed by atoms with Gasteiger partial charge in [0.15, 0.2) is 5.78 Å². The highest BCUT2D eigenvalue weighted by Crippen LogP contribution is 2.20. The van der Waals surface area contributed by atoms with E-state index in [0.717, 1.165) is 28.3 Å². The molecule has 0 saturated heterocycles. The lowest BCUT2D eigenvalue weighted by Crippen LogP contribution is -2.04. The van der Waals surface area contributed by atoms with E-state index in [-0.39, 0.29) is 5.78 Å². The number of aryl methyl sites for hydroxylation is 1. The fourth-order valence-electron chi connectivity index (χ4n) is 2.64. The van der Waals surface area contributed by atoms with Gasteiger partial charge in [0.05, 0.1) is 0 Å². The van der Waals surface area contributed by atoms with Crippen molar-refractivity contribution in [2.24, 2.45) is 0 Å². The van der Waals surface area contributed by atoms with Crippen molar-refractivity contribution in [2.45, 2.75) is 19.8 Å². The molecule has 0 bridgehead atoms. The number of fused-ring (bicyclic) bond motifs is 1. The largest absolute Gasteiger partial charge is 0.294 e. The third-order valence-electron chi connectivity index (χ3n) is 3.89. The first kappa shape index (κ1) is 13.6. The van der Waals surface area contributed by atoms with Gasteiger partial charge in [0.1, 0.15) is 0 Å². The zero-order valence-electron chi connectivity index (χ0n) is 12.2. The van der Waals surface area contributed by atoms with Gasteiger partial charge in [0, 0.05) is 12.0 Å². The first-order chi connectivity index (χ1) is 10.3. The summed E-state index contributed by atoms with van der Waals surface area (Å²) < 4.78 is 0. The van der Waals surface area contributed by atoms with Crippen LogP contribution in [0, 0.1) is 0 Å². The standard InChI is InChI=1S/C20H18O/c1-2-15-10-12-16(13-11-15)14-20(21)19-9-5-7-17-6-3-4-8-18(17)19/h3-13H,2,14H2,1H3. The van der Waals surface area contributed by atoms with Crippen LogP contribution in [-0.2, 0) is 12.8 Å². The van der Waals surface area contributed by atoms with Crippen LogP contribution in [0.15, 0.2) is 66.7 Å². The molecule has 0 aliphatic carbocycles. The number of carbonyl (C=O) groups excluding carboxylic acids is 1. The molecule has 0 unspecified atom stereocenters. The van der Waals surface area contributed by atoms with Gasteiger partial charge in [-0.05, 0) is 28.3 Å². The zero-order valence-corrected chi connectivity index (χ0v) is 12.2. The number of benzene rings is 3. The maximum atomic E-state index is 12.6. The van der Waals surface area contributed by atoms with Crippen LogP contribution in [0.25, 0.3) is 10.8 Å². The third-order valence-corrected chi connectivity index (χ3v) is 3.89. The van der Waals surface area contributed by atoms with Crippen LogP contribution in [-0.4, -0.2) is 5.78 Å². The fourth-order valence-corrected chi connectivity index (χ4v) is 2.64. The van der Waals surface area contributed by atoms with Gasteiger partial charge >= 0.3 is 0 Å². The summed E-state index contributed by atoms with van der Waals surface area (Å²) in [4.78, 5) is 12.6. The van der Waals surface area contributed by atoms with E-state index in [1.165, 1.54) is 5.56 Å². The van der Waals surface area contributed by atoms with Crippen molar-refractivity contribution in [3.63, 3.8) is 0 Å². The smallest absolute Gasteiger partial charge is 0.167 e. The first-order valence-corrected chi connectivity index (χ1v) is 7.36. The molecule has 0 fully saturated rings. The lowest BCUT2D eigenvalue weighted by atomic mass is 9.97.